The van der Waals surface area contributed by atoms with Gasteiger partial charge in [0.05, 0.1) is 12.1 Å². The van der Waals surface area contributed by atoms with Crippen LogP contribution in [0.2, 0.25) is 0 Å². The number of carbonyl (C=O) groups excluding carboxylic acids is 1. The smallest absolute Gasteiger partial charge is 0.144 e. The van der Waals surface area contributed by atoms with Crippen LogP contribution in [0.3, 0.4) is 0 Å². The number of nitrogens with zero attached hydrogens (tertiary/aromatic N) is 3. The number of ketones is 1. The number of H-pyrrole nitrogens is 1. The lowest BCUT2D eigenvalue weighted by Gasteiger charge is -2.04. The maximum atomic E-state index is 13.7. The quantitative estimate of drug-likeness (QED) is 0.587. The molecule has 0 amide bonds. The SMILES string of the molecule is O=C(Cc1nccc(-c2c[nH]c3ncccc23)n1)Cc1ccc(F)cc1F. The van der Waals surface area contributed by atoms with Gasteiger partial charge >= 0.3 is 0 Å². The number of benzene rings is 1. The molecule has 3 aromatic heterocycles. The van der Waals surface area contributed by atoms with E-state index in [1.165, 1.54) is 6.07 Å². The van der Waals surface area contributed by atoms with Crippen molar-refractivity contribution in [1.82, 2.24) is 19.9 Å². The Morgan fingerprint density at radius 3 is 2.78 bits per heavy atom. The number of carbonyl (C=O) groups is 1. The molecule has 0 spiro atoms. The molecule has 0 atom stereocenters. The topological polar surface area (TPSA) is 71.5 Å². The molecule has 7 heteroatoms. The molecule has 0 aliphatic carbocycles. The highest BCUT2D eigenvalue weighted by Gasteiger charge is 2.13. The number of halogens is 2. The third-order valence-electron chi connectivity index (χ3n) is 4.19. The van der Waals surface area contributed by atoms with Crippen LogP contribution in [0, 0.1) is 11.6 Å². The summed E-state index contributed by atoms with van der Waals surface area (Å²) in [5.41, 5.74) is 2.43. The van der Waals surface area contributed by atoms with Gasteiger partial charge in [0.15, 0.2) is 0 Å². The Morgan fingerprint density at radius 2 is 1.93 bits per heavy atom. The highest BCUT2D eigenvalue weighted by molar-refractivity contribution is 5.92. The summed E-state index contributed by atoms with van der Waals surface area (Å²) >= 11 is 0. The van der Waals surface area contributed by atoms with Crippen LogP contribution in [0.15, 0.2) is 55.0 Å². The van der Waals surface area contributed by atoms with Crippen molar-refractivity contribution in [3.05, 3.63) is 78.0 Å². The van der Waals surface area contributed by atoms with Gasteiger partial charge in [-0.05, 0) is 29.8 Å². The van der Waals surface area contributed by atoms with Crippen LogP contribution in [0.4, 0.5) is 8.78 Å². The zero-order chi connectivity index (χ0) is 18.8. The molecule has 1 aromatic carbocycles. The number of aromatic amines is 1. The van der Waals surface area contributed by atoms with Crippen molar-refractivity contribution in [2.75, 3.05) is 0 Å². The Morgan fingerprint density at radius 1 is 1.04 bits per heavy atom. The first-order valence-electron chi connectivity index (χ1n) is 8.30. The summed E-state index contributed by atoms with van der Waals surface area (Å²) in [6.07, 6.45) is 4.90. The number of hydrogen-bond donors (Lipinski definition) is 1. The van der Waals surface area contributed by atoms with Crippen molar-refractivity contribution in [3.8, 4) is 11.3 Å². The zero-order valence-electron chi connectivity index (χ0n) is 14.1. The number of hydrogen-bond acceptors (Lipinski definition) is 4. The van der Waals surface area contributed by atoms with Crippen molar-refractivity contribution < 1.29 is 13.6 Å². The lowest BCUT2D eigenvalue weighted by atomic mass is 10.1. The van der Waals surface area contributed by atoms with E-state index in [1.807, 2.05) is 12.1 Å². The van der Waals surface area contributed by atoms with Gasteiger partial charge in [0.2, 0.25) is 0 Å². The first kappa shape index (κ1) is 17.0. The molecule has 0 saturated carbocycles. The molecule has 27 heavy (non-hydrogen) atoms. The standard InChI is InChI=1S/C20H14F2N4O/c21-13-4-3-12(17(22)9-13)8-14(27)10-19-23-7-5-18(26-19)16-11-25-20-15(16)2-1-6-24-20/h1-7,9,11H,8,10H2,(H,24,25). The van der Waals surface area contributed by atoms with E-state index in [9.17, 15) is 13.6 Å². The second kappa shape index (κ2) is 7.03. The second-order valence-corrected chi connectivity index (χ2v) is 6.09. The van der Waals surface area contributed by atoms with E-state index in [1.54, 1.807) is 24.7 Å². The van der Waals surface area contributed by atoms with Gasteiger partial charge in [-0.15, -0.1) is 0 Å². The van der Waals surface area contributed by atoms with Gasteiger partial charge in [-0.1, -0.05) is 6.07 Å². The average molecular weight is 364 g/mol. The minimum Gasteiger partial charge on any atom is -0.345 e. The number of Topliss-reactive ketones (excluding diaryl/α,β-unsaturated/α-hetero) is 1. The molecule has 0 saturated heterocycles. The second-order valence-electron chi connectivity index (χ2n) is 6.09. The molecule has 0 fully saturated rings. The number of rotatable bonds is 5. The van der Waals surface area contributed by atoms with Gasteiger partial charge in [-0.2, -0.15) is 0 Å². The summed E-state index contributed by atoms with van der Waals surface area (Å²) < 4.78 is 26.7. The first-order chi connectivity index (χ1) is 13.1. The molecule has 1 N–H and O–H groups in total. The van der Waals surface area contributed by atoms with Gasteiger partial charge in [-0.3, -0.25) is 4.79 Å². The fourth-order valence-electron chi connectivity index (χ4n) is 2.92. The van der Waals surface area contributed by atoms with Crippen molar-refractivity contribution in [2.24, 2.45) is 0 Å². The molecular weight excluding hydrogens is 350 g/mol. The zero-order valence-corrected chi connectivity index (χ0v) is 14.1. The van der Waals surface area contributed by atoms with Crippen LogP contribution < -0.4 is 0 Å². The predicted molar refractivity (Wildman–Crippen MR) is 95.9 cm³/mol. The highest BCUT2D eigenvalue weighted by atomic mass is 19.1. The Labute approximate surface area is 153 Å². The van der Waals surface area contributed by atoms with Crippen molar-refractivity contribution in [3.63, 3.8) is 0 Å². The molecule has 0 aliphatic rings. The van der Waals surface area contributed by atoms with Gasteiger partial charge in [0.1, 0.15) is 28.9 Å². The van der Waals surface area contributed by atoms with Gasteiger partial charge in [-0.25, -0.2) is 23.7 Å². The minimum atomic E-state index is -0.732. The van der Waals surface area contributed by atoms with Gasteiger partial charge in [0, 0.05) is 42.0 Å². The van der Waals surface area contributed by atoms with E-state index >= 15 is 0 Å². The monoisotopic (exact) mass is 364 g/mol. The largest absolute Gasteiger partial charge is 0.345 e. The molecule has 3 heterocycles. The summed E-state index contributed by atoms with van der Waals surface area (Å²) in [5.74, 6) is -1.31. The maximum absolute atomic E-state index is 13.7. The molecule has 4 aromatic rings. The third-order valence-corrected chi connectivity index (χ3v) is 4.19. The molecule has 0 bridgehead atoms. The fourth-order valence-corrected chi connectivity index (χ4v) is 2.92. The Kier molecular flexibility index (Phi) is 4.42. The lowest BCUT2D eigenvalue weighted by Crippen LogP contribution is -2.10. The van der Waals surface area contributed by atoms with Crippen LogP contribution in [0.25, 0.3) is 22.3 Å². The Balaban J connectivity index is 1.55. The van der Waals surface area contributed by atoms with Crippen molar-refractivity contribution in [1.29, 1.82) is 0 Å². The maximum Gasteiger partial charge on any atom is 0.144 e. The van der Waals surface area contributed by atoms with Crippen LogP contribution >= 0.6 is 0 Å². The average Bonchev–Trinajstić information content (AvgIpc) is 3.08. The number of pyridine rings is 1. The van der Waals surface area contributed by atoms with E-state index in [4.69, 9.17) is 0 Å². The van der Waals surface area contributed by atoms with Crippen molar-refractivity contribution >= 4 is 16.8 Å². The van der Waals surface area contributed by atoms with Crippen LogP contribution in [-0.4, -0.2) is 25.7 Å². The summed E-state index contributed by atoms with van der Waals surface area (Å²) in [6, 6.07) is 8.70. The lowest BCUT2D eigenvalue weighted by molar-refractivity contribution is -0.117. The molecule has 0 unspecified atom stereocenters. The van der Waals surface area contributed by atoms with E-state index in [-0.39, 0.29) is 24.2 Å². The van der Waals surface area contributed by atoms with E-state index in [0.717, 1.165) is 28.7 Å². The molecule has 5 nitrogen and oxygen atoms in total. The molecule has 0 radical (unpaired) electrons. The van der Waals surface area contributed by atoms with E-state index in [2.05, 4.69) is 19.9 Å². The number of nitrogens with one attached hydrogen (secondary N) is 1. The van der Waals surface area contributed by atoms with Crippen LogP contribution in [0.1, 0.15) is 11.4 Å². The fraction of sp³-hybridized carbons (Fsp3) is 0.100. The minimum absolute atomic E-state index is 0.0364. The predicted octanol–water partition coefficient (Wildman–Crippen LogP) is 3.65. The summed E-state index contributed by atoms with van der Waals surface area (Å²) in [7, 11) is 0. The van der Waals surface area contributed by atoms with Crippen LogP contribution in [-0.2, 0) is 17.6 Å². The third kappa shape index (κ3) is 3.57. The highest BCUT2D eigenvalue weighted by Crippen LogP contribution is 2.25. The van der Waals surface area contributed by atoms with E-state index < -0.39 is 11.6 Å². The summed E-state index contributed by atoms with van der Waals surface area (Å²) in [4.78, 5) is 28.2. The normalized spacial score (nSPS) is 11.0. The van der Waals surface area contributed by atoms with E-state index in [0.29, 0.717) is 11.5 Å². The summed E-state index contributed by atoms with van der Waals surface area (Å²) in [6.45, 7) is 0. The number of fused-ring (bicyclic) bond motifs is 1. The molecular formula is C20H14F2N4O. The van der Waals surface area contributed by atoms with Crippen LogP contribution in [0.5, 0.6) is 0 Å². The first-order valence-corrected chi connectivity index (χ1v) is 8.30. The summed E-state index contributed by atoms with van der Waals surface area (Å²) in [5, 5.41) is 0.918. The number of aromatic nitrogens is 4. The Bertz CT molecular complexity index is 1140. The van der Waals surface area contributed by atoms with Crippen molar-refractivity contribution in [2.45, 2.75) is 12.8 Å². The molecule has 0 aliphatic heterocycles. The Hall–Kier alpha value is -3.48. The van der Waals surface area contributed by atoms with Gasteiger partial charge in [0.25, 0.3) is 0 Å². The molecule has 4 rings (SSSR count). The van der Waals surface area contributed by atoms with Gasteiger partial charge < -0.3 is 4.98 Å². The molecule has 134 valence electrons.